The summed E-state index contributed by atoms with van der Waals surface area (Å²) in [5.74, 6) is 0.508. The van der Waals surface area contributed by atoms with Crippen LogP contribution < -0.4 is 5.43 Å². The SMILES string of the molecule is CC1=NNC2=CC=C(CC3CO3)CC21. The predicted molar refractivity (Wildman–Crippen MR) is 54.9 cm³/mol. The smallest absolute Gasteiger partial charge is 0.0847 e. The van der Waals surface area contributed by atoms with Crippen LogP contribution >= 0.6 is 0 Å². The lowest BCUT2D eigenvalue weighted by Gasteiger charge is -2.18. The first kappa shape index (κ1) is 8.24. The molecule has 1 fully saturated rings. The fourth-order valence-electron chi connectivity index (χ4n) is 2.11. The lowest BCUT2D eigenvalue weighted by atomic mass is 9.87. The van der Waals surface area contributed by atoms with Gasteiger partial charge < -0.3 is 4.74 Å². The molecule has 0 aromatic rings. The van der Waals surface area contributed by atoms with Crippen LogP contribution in [0.15, 0.2) is 28.5 Å². The fraction of sp³-hybridized carbons (Fsp3) is 0.545. The van der Waals surface area contributed by atoms with E-state index in [1.807, 2.05) is 0 Å². The number of epoxide rings is 1. The van der Waals surface area contributed by atoms with Crippen LogP contribution in [0.4, 0.5) is 0 Å². The maximum atomic E-state index is 5.24. The van der Waals surface area contributed by atoms with Crippen LogP contribution in [0.3, 0.4) is 0 Å². The van der Waals surface area contributed by atoms with Crippen LogP contribution in [0.1, 0.15) is 19.8 Å². The Kier molecular flexibility index (Phi) is 1.74. The Morgan fingerprint density at radius 1 is 1.57 bits per heavy atom. The molecule has 14 heavy (non-hydrogen) atoms. The van der Waals surface area contributed by atoms with E-state index in [1.165, 1.54) is 17.0 Å². The molecule has 0 spiro atoms. The molecule has 2 aliphatic heterocycles. The van der Waals surface area contributed by atoms with Crippen molar-refractivity contribution in [2.75, 3.05) is 6.61 Å². The molecule has 2 heterocycles. The Bertz CT molecular complexity index is 350. The van der Waals surface area contributed by atoms with E-state index in [0.717, 1.165) is 19.4 Å². The molecule has 0 radical (unpaired) electrons. The minimum absolute atomic E-state index is 0.503. The topological polar surface area (TPSA) is 36.9 Å². The largest absolute Gasteiger partial charge is 0.373 e. The van der Waals surface area contributed by atoms with Crippen molar-refractivity contribution in [1.29, 1.82) is 0 Å². The highest BCUT2D eigenvalue weighted by Gasteiger charge is 2.30. The molecule has 1 N–H and O–H groups in total. The first-order valence-electron chi connectivity index (χ1n) is 5.14. The van der Waals surface area contributed by atoms with E-state index in [0.29, 0.717) is 12.0 Å². The van der Waals surface area contributed by atoms with Crippen LogP contribution in [0.2, 0.25) is 0 Å². The van der Waals surface area contributed by atoms with Gasteiger partial charge in [-0.3, -0.25) is 5.43 Å². The summed E-state index contributed by atoms with van der Waals surface area (Å²) in [6.45, 7) is 3.04. The zero-order chi connectivity index (χ0) is 9.54. The number of hydrogen-bond donors (Lipinski definition) is 1. The van der Waals surface area contributed by atoms with Crippen molar-refractivity contribution in [1.82, 2.24) is 5.43 Å². The molecular formula is C11H14N2O. The van der Waals surface area contributed by atoms with Crippen molar-refractivity contribution in [3.05, 3.63) is 23.4 Å². The van der Waals surface area contributed by atoms with Crippen molar-refractivity contribution >= 4 is 5.71 Å². The molecule has 3 heteroatoms. The average molecular weight is 190 g/mol. The summed E-state index contributed by atoms with van der Waals surface area (Å²) in [5.41, 5.74) is 7.03. The molecule has 0 aromatic heterocycles. The Labute approximate surface area is 83.5 Å². The molecule has 3 aliphatic rings. The van der Waals surface area contributed by atoms with Crippen molar-refractivity contribution in [2.45, 2.75) is 25.9 Å². The first-order valence-corrected chi connectivity index (χ1v) is 5.14. The first-order chi connectivity index (χ1) is 6.83. The van der Waals surface area contributed by atoms with Crippen LogP contribution in [0.5, 0.6) is 0 Å². The van der Waals surface area contributed by atoms with Crippen LogP contribution in [-0.2, 0) is 4.74 Å². The Morgan fingerprint density at radius 2 is 2.43 bits per heavy atom. The number of rotatable bonds is 2. The van der Waals surface area contributed by atoms with E-state index < -0.39 is 0 Å². The standard InChI is InChI=1S/C11H14N2O/c1-7-10-5-8(4-9-6-14-9)2-3-11(10)13-12-7/h2-3,9-10,13H,4-6H2,1H3. The van der Waals surface area contributed by atoms with Gasteiger partial charge in [-0.1, -0.05) is 11.6 Å². The molecule has 3 nitrogen and oxygen atoms in total. The monoisotopic (exact) mass is 190 g/mol. The quantitative estimate of drug-likeness (QED) is 0.671. The average Bonchev–Trinajstić information content (AvgIpc) is 2.92. The zero-order valence-corrected chi connectivity index (χ0v) is 8.29. The molecule has 2 unspecified atom stereocenters. The third-order valence-electron chi connectivity index (χ3n) is 3.10. The Morgan fingerprint density at radius 3 is 3.21 bits per heavy atom. The van der Waals surface area contributed by atoms with Gasteiger partial charge in [-0.05, 0) is 25.8 Å². The van der Waals surface area contributed by atoms with Gasteiger partial charge in [-0.25, -0.2) is 0 Å². The molecule has 3 rings (SSSR count). The summed E-state index contributed by atoms with van der Waals surface area (Å²) in [4.78, 5) is 0. The number of nitrogens with zero attached hydrogens (tertiary/aromatic N) is 1. The molecule has 1 saturated heterocycles. The van der Waals surface area contributed by atoms with Crippen molar-refractivity contribution < 1.29 is 4.74 Å². The highest BCUT2D eigenvalue weighted by molar-refractivity contribution is 5.89. The molecule has 2 atom stereocenters. The van der Waals surface area contributed by atoms with Gasteiger partial charge in [0.25, 0.3) is 0 Å². The second-order valence-electron chi connectivity index (χ2n) is 4.23. The number of nitrogens with one attached hydrogen (secondary N) is 1. The number of ether oxygens (including phenoxy) is 1. The lowest BCUT2D eigenvalue weighted by molar-refractivity contribution is 0.404. The third kappa shape index (κ3) is 1.38. The van der Waals surface area contributed by atoms with E-state index in [9.17, 15) is 0 Å². The van der Waals surface area contributed by atoms with Crippen molar-refractivity contribution in [2.24, 2.45) is 11.0 Å². The molecule has 0 saturated carbocycles. The molecule has 0 bridgehead atoms. The minimum Gasteiger partial charge on any atom is -0.373 e. The normalized spacial score (nSPS) is 33.9. The van der Waals surface area contributed by atoms with Gasteiger partial charge in [0.1, 0.15) is 0 Å². The summed E-state index contributed by atoms with van der Waals surface area (Å²) in [6.07, 6.45) is 7.10. The van der Waals surface area contributed by atoms with Gasteiger partial charge in [0.15, 0.2) is 0 Å². The number of fused-ring (bicyclic) bond motifs is 1. The summed E-state index contributed by atoms with van der Waals surface area (Å²) >= 11 is 0. The molecule has 74 valence electrons. The number of hydrazone groups is 1. The zero-order valence-electron chi connectivity index (χ0n) is 8.29. The van der Waals surface area contributed by atoms with Gasteiger partial charge in [-0.2, -0.15) is 5.10 Å². The van der Waals surface area contributed by atoms with E-state index in [-0.39, 0.29) is 0 Å². The van der Waals surface area contributed by atoms with E-state index in [4.69, 9.17) is 4.74 Å². The van der Waals surface area contributed by atoms with Gasteiger partial charge in [0.05, 0.1) is 12.7 Å². The molecule has 1 aliphatic carbocycles. The van der Waals surface area contributed by atoms with E-state index >= 15 is 0 Å². The summed E-state index contributed by atoms with van der Waals surface area (Å²) < 4.78 is 5.24. The fourth-order valence-corrected chi connectivity index (χ4v) is 2.11. The predicted octanol–water partition coefficient (Wildman–Crippen LogP) is 1.58. The highest BCUT2D eigenvalue weighted by atomic mass is 16.6. The second-order valence-corrected chi connectivity index (χ2v) is 4.23. The second kappa shape index (κ2) is 2.95. The van der Waals surface area contributed by atoms with Gasteiger partial charge >= 0.3 is 0 Å². The van der Waals surface area contributed by atoms with Crippen molar-refractivity contribution in [3.8, 4) is 0 Å². The summed E-state index contributed by atoms with van der Waals surface area (Å²) in [6, 6.07) is 0. The van der Waals surface area contributed by atoms with Crippen LogP contribution in [0.25, 0.3) is 0 Å². The summed E-state index contributed by atoms with van der Waals surface area (Å²) in [7, 11) is 0. The highest BCUT2D eigenvalue weighted by Crippen LogP contribution is 2.32. The Hall–Kier alpha value is -1.09. The third-order valence-corrected chi connectivity index (χ3v) is 3.10. The number of hydrogen-bond acceptors (Lipinski definition) is 3. The molecule has 0 aromatic carbocycles. The maximum Gasteiger partial charge on any atom is 0.0847 e. The van der Waals surface area contributed by atoms with Crippen LogP contribution in [-0.4, -0.2) is 18.4 Å². The Balaban J connectivity index is 1.75. The molecular weight excluding hydrogens is 176 g/mol. The van der Waals surface area contributed by atoms with E-state index in [1.54, 1.807) is 0 Å². The summed E-state index contributed by atoms with van der Waals surface area (Å²) in [5, 5.41) is 4.24. The minimum atomic E-state index is 0.503. The lowest BCUT2D eigenvalue weighted by Crippen LogP contribution is -2.15. The van der Waals surface area contributed by atoms with Crippen LogP contribution in [0, 0.1) is 5.92 Å². The maximum absolute atomic E-state index is 5.24. The van der Waals surface area contributed by atoms with E-state index in [2.05, 4.69) is 29.6 Å². The van der Waals surface area contributed by atoms with Crippen molar-refractivity contribution in [3.63, 3.8) is 0 Å². The van der Waals surface area contributed by atoms with Gasteiger partial charge in [0, 0.05) is 17.3 Å². The van der Waals surface area contributed by atoms with Gasteiger partial charge in [0.2, 0.25) is 0 Å². The molecule has 0 amide bonds. The van der Waals surface area contributed by atoms with Gasteiger partial charge in [-0.15, -0.1) is 0 Å². The number of allylic oxidation sites excluding steroid dienone is 3.